The van der Waals surface area contributed by atoms with Gasteiger partial charge in [0.15, 0.2) is 11.6 Å². The van der Waals surface area contributed by atoms with Gasteiger partial charge in [0.25, 0.3) is 0 Å². The van der Waals surface area contributed by atoms with E-state index in [-0.39, 0.29) is 131 Å². The van der Waals surface area contributed by atoms with E-state index in [0.29, 0.717) is 43.5 Å². The summed E-state index contributed by atoms with van der Waals surface area (Å²) in [6.07, 6.45) is 5.04. The number of phenolic OH excluding ortho intramolecular Hbond substituents is 1. The van der Waals surface area contributed by atoms with Crippen molar-refractivity contribution in [2.75, 3.05) is 13.1 Å². The van der Waals surface area contributed by atoms with Crippen molar-refractivity contribution < 1.29 is 48.3 Å². The SMILES string of the molecule is C=C(C)NCCC[C@@H]1CC(=O)[C@H](NC(=O)C(N)Cc2ccc(O)cc2)CCNC(=O)[C@H](Cc2ccccc2)CC(=O)[C@H](C(C)C)CC(=O)[C@H](CCCCC)NC(=O)C(CC2=CCc3ccccc32)CC(=O)[C@H](Cc2ccccc2)CC(=O)[C@H](Cc2ccccc2)CC1=O. The van der Waals surface area contributed by atoms with Crippen LogP contribution in [0.5, 0.6) is 5.75 Å². The molecule has 7 rings (SSSR count). The van der Waals surface area contributed by atoms with E-state index in [1.54, 1.807) is 12.1 Å². The fraction of sp³-hybridized carbons (Fsp3) is 0.449. The average Bonchev–Trinajstić information content (AvgIpc) is 1.81. The van der Waals surface area contributed by atoms with Gasteiger partial charge in [-0.05, 0) is 128 Å². The molecule has 0 spiro atoms. The predicted octanol–water partition coefficient (Wildman–Crippen LogP) is 11.1. The van der Waals surface area contributed by atoms with Crippen LogP contribution in [0.25, 0.3) is 5.57 Å². The molecule has 494 valence electrons. The van der Waals surface area contributed by atoms with E-state index in [4.69, 9.17) is 5.73 Å². The Bertz CT molecular complexity index is 3360. The molecule has 5 aromatic rings. The molecule has 0 bridgehead atoms. The number of allylic oxidation sites excluding steroid dienone is 3. The highest BCUT2D eigenvalue weighted by Crippen LogP contribution is 2.35. The lowest BCUT2D eigenvalue weighted by Crippen LogP contribution is -2.50. The number of fused-ring (bicyclic) bond motifs is 1. The first-order valence-electron chi connectivity index (χ1n) is 33.6. The lowest BCUT2D eigenvalue weighted by atomic mass is 9.78. The van der Waals surface area contributed by atoms with E-state index in [0.717, 1.165) is 46.2 Å². The zero-order valence-corrected chi connectivity index (χ0v) is 54.9. The first-order valence-corrected chi connectivity index (χ1v) is 33.6. The quantitative estimate of drug-likeness (QED) is 0.0354. The molecule has 1 aliphatic heterocycles. The Kier molecular flexibility index (Phi) is 28.4. The summed E-state index contributed by atoms with van der Waals surface area (Å²) < 4.78 is 0. The third kappa shape index (κ3) is 23.0. The van der Waals surface area contributed by atoms with Crippen molar-refractivity contribution in [3.05, 3.63) is 191 Å². The van der Waals surface area contributed by atoms with E-state index >= 15 is 24.0 Å². The zero-order chi connectivity index (χ0) is 66.8. The highest BCUT2D eigenvalue weighted by Gasteiger charge is 2.38. The maximum Gasteiger partial charge on any atom is 0.237 e. The number of phenols is 1. The van der Waals surface area contributed by atoms with Crippen molar-refractivity contribution in [3.8, 4) is 5.75 Å². The lowest BCUT2D eigenvalue weighted by molar-refractivity contribution is -0.136. The predicted molar refractivity (Wildman–Crippen MR) is 364 cm³/mol. The monoisotopic (exact) mass is 1260 g/mol. The van der Waals surface area contributed by atoms with Crippen LogP contribution in [0.4, 0.5) is 0 Å². The molecule has 2 aliphatic rings. The third-order valence-electron chi connectivity index (χ3n) is 18.5. The molecule has 93 heavy (non-hydrogen) atoms. The second-order valence-corrected chi connectivity index (χ2v) is 26.2. The number of nitrogens with one attached hydrogen (secondary N) is 4. The first kappa shape index (κ1) is 72.0. The maximum atomic E-state index is 15.5. The van der Waals surface area contributed by atoms with E-state index in [9.17, 15) is 24.3 Å². The number of carbonyl (C=O) groups excluding carboxylic acids is 9. The largest absolute Gasteiger partial charge is 0.508 e. The molecule has 1 saturated heterocycles. The van der Waals surface area contributed by atoms with Gasteiger partial charge in [-0.25, -0.2) is 0 Å². The number of aromatic hydroxyl groups is 1. The number of amides is 3. The average molecular weight is 1260 g/mol. The number of ketones is 6. The molecular formula is C78H97N5O10. The van der Waals surface area contributed by atoms with Gasteiger partial charge >= 0.3 is 0 Å². The van der Waals surface area contributed by atoms with Crippen LogP contribution in [0.1, 0.15) is 151 Å². The Morgan fingerprint density at radius 1 is 0.581 bits per heavy atom. The van der Waals surface area contributed by atoms with Gasteiger partial charge in [0.2, 0.25) is 17.7 Å². The lowest BCUT2D eigenvalue weighted by Gasteiger charge is -2.27. The number of unbranched alkanes of at least 4 members (excludes halogenated alkanes) is 2. The van der Waals surface area contributed by atoms with E-state index < -0.39 is 77.1 Å². The summed E-state index contributed by atoms with van der Waals surface area (Å²) in [5.74, 6) is -9.53. The zero-order valence-electron chi connectivity index (χ0n) is 54.9. The minimum atomic E-state index is -1.25. The summed E-state index contributed by atoms with van der Waals surface area (Å²) in [6, 6.07) is 38.8. The number of nitrogens with two attached hydrogens (primary N) is 1. The highest BCUT2D eigenvalue weighted by atomic mass is 16.3. The maximum absolute atomic E-state index is 15.5. The first-order chi connectivity index (χ1) is 44.7. The smallest absolute Gasteiger partial charge is 0.237 e. The molecule has 0 saturated carbocycles. The van der Waals surface area contributed by atoms with Crippen LogP contribution in [-0.4, -0.2) is 88.7 Å². The van der Waals surface area contributed by atoms with Gasteiger partial charge in [-0.2, -0.15) is 0 Å². The number of benzene rings is 5. The van der Waals surface area contributed by atoms with Crippen molar-refractivity contribution >= 4 is 58.0 Å². The summed E-state index contributed by atoms with van der Waals surface area (Å²) in [5.41, 5.74) is 13.2. The molecule has 3 amide bonds. The topological polar surface area (TPSA) is 248 Å². The van der Waals surface area contributed by atoms with Crippen molar-refractivity contribution in [3.63, 3.8) is 0 Å². The van der Waals surface area contributed by atoms with Gasteiger partial charge in [0, 0.05) is 92.8 Å². The molecule has 15 nitrogen and oxygen atoms in total. The van der Waals surface area contributed by atoms with E-state index in [1.165, 1.54) is 12.1 Å². The molecule has 15 heteroatoms. The van der Waals surface area contributed by atoms with E-state index in [1.807, 2.05) is 143 Å². The molecule has 5 aromatic carbocycles. The molecular weight excluding hydrogens is 1170 g/mol. The van der Waals surface area contributed by atoms with Crippen LogP contribution in [-0.2, 0) is 75.3 Å². The fourth-order valence-electron chi connectivity index (χ4n) is 13.0. The van der Waals surface area contributed by atoms with Crippen molar-refractivity contribution in [2.45, 2.75) is 168 Å². The molecule has 9 atom stereocenters. The Balaban J connectivity index is 1.31. The number of Topliss-reactive ketones (excluding diaryl/α,β-unsaturated/α-hetero) is 6. The standard InChI is InChI=1S/C78H97N5O10/c1-6-7-11-30-68-75(90)50-66(51(2)3)73(88)49-62(42-55-25-16-10-17-26-55)76(91)81-39-37-69(83-78(93)67(79)43-56-31-35-64(84)36-32-56)74(89)45-59(28-20-38-80-52(4)5)70(85)46-60(40-53-21-12-8-13-22-53)71(86)47-61(41-54-23-14-9-15-24-54)72(87)48-63(77(92)82-68)44-58-34-33-57-27-18-19-29-65(57)58/h8-10,12-19,21-27,29,31-32,34-36,51,59-63,66-69,80,84H,4,6-7,11,20,28,30,33,37-50,79H2,1-3,5H3,(H,81,91)(H,82,92)(H,83,93)/t59-,60-,61-,62-,63?,66+,67?,68+,69-/m1/s1. The van der Waals surface area contributed by atoms with Gasteiger partial charge in [-0.1, -0.05) is 180 Å². The van der Waals surface area contributed by atoms with Crippen LogP contribution in [0.2, 0.25) is 0 Å². The minimum absolute atomic E-state index is 0.0361. The van der Waals surface area contributed by atoms with Gasteiger partial charge in [0.05, 0.1) is 18.1 Å². The Hall–Kier alpha value is -8.43. The number of rotatable bonds is 22. The van der Waals surface area contributed by atoms with Crippen LogP contribution < -0.4 is 27.0 Å². The summed E-state index contributed by atoms with van der Waals surface area (Å²) in [6.45, 7) is 11.8. The molecule has 2 unspecified atom stereocenters. The van der Waals surface area contributed by atoms with Crippen LogP contribution in [0.15, 0.2) is 158 Å². The molecule has 0 radical (unpaired) electrons. The van der Waals surface area contributed by atoms with Gasteiger partial charge in [0.1, 0.15) is 28.9 Å². The molecule has 0 aromatic heterocycles. The highest BCUT2D eigenvalue weighted by molar-refractivity contribution is 5.99. The Morgan fingerprint density at radius 2 is 1.11 bits per heavy atom. The normalized spacial score (nSPS) is 22.3. The summed E-state index contributed by atoms with van der Waals surface area (Å²) in [5, 5.41) is 22.1. The van der Waals surface area contributed by atoms with Crippen LogP contribution in [0, 0.1) is 41.4 Å². The minimum Gasteiger partial charge on any atom is -0.508 e. The third-order valence-corrected chi connectivity index (χ3v) is 18.5. The Labute approximate surface area is 550 Å². The van der Waals surface area contributed by atoms with Crippen molar-refractivity contribution in [1.82, 2.24) is 21.3 Å². The number of hydrogen-bond donors (Lipinski definition) is 6. The van der Waals surface area contributed by atoms with Crippen molar-refractivity contribution in [2.24, 2.45) is 47.2 Å². The summed E-state index contributed by atoms with van der Waals surface area (Å²) in [7, 11) is 0. The molecule has 1 aliphatic carbocycles. The van der Waals surface area contributed by atoms with Gasteiger partial charge in [-0.3, -0.25) is 43.2 Å². The molecule has 1 heterocycles. The van der Waals surface area contributed by atoms with Gasteiger partial charge < -0.3 is 32.1 Å². The van der Waals surface area contributed by atoms with Crippen molar-refractivity contribution in [1.29, 1.82) is 0 Å². The molecule has 7 N–H and O–H groups in total. The van der Waals surface area contributed by atoms with Crippen LogP contribution in [0.3, 0.4) is 0 Å². The van der Waals surface area contributed by atoms with Gasteiger partial charge in [-0.15, -0.1) is 0 Å². The second-order valence-electron chi connectivity index (χ2n) is 26.2. The summed E-state index contributed by atoms with van der Waals surface area (Å²) >= 11 is 0. The van der Waals surface area contributed by atoms with E-state index in [2.05, 4.69) is 33.9 Å². The summed E-state index contributed by atoms with van der Waals surface area (Å²) in [4.78, 5) is 135. The number of carbonyl (C=O) groups is 9. The van der Waals surface area contributed by atoms with Crippen LogP contribution >= 0.6 is 0 Å². The number of hydrogen-bond acceptors (Lipinski definition) is 12. The fourth-order valence-corrected chi connectivity index (χ4v) is 13.0. The Morgan fingerprint density at radius 3 is 1.69 bits per heavy atom. The molecule has 1 fully saturated rings. The second kappa shape index (κ2) is 36.7.